The van der Waals surface area contributed by atoms with Crippen LogP contribution in [-0.2, 0) is 14.4 Å². The molecule has 0 bridgehead atoms. The van der Waals surface area contributed by atoms with Gasteiger partial charge in [0.15, 0.2) is 0 Å². The Hall–Kier alpha value is -1.59. The normalized spacial score (nSPS) is 9.07. The molecule has 0 saturated carbocycles. The molecule has 2 N–H and O–H groups in total. The predicted octanol–water partition coefficient (Wildman–Crippen LogP) is -0.978. The first-order valence-corrected chi connectivity index (χ1v) is 4.18. The second-order valence-electron chi connectivity index (χ2n) is 2.84. The summed E-state index contributed by atoms with van der Waals surface area (Å²) in [5, 5.41) is 4.93. The molecular formula is C8H15N3O3. The van der Waals surface area contributed by atoms with Crippen molar-refractivity contribution in [3.63, 3.8) is 0 Å². The summed E-state index contributed by atoms with van der Waals surface area (Å²) in [6, 6.07) is 0. The van der Waals surface area contributed by atoms with Crippen LogP contribution in [0, 0.1) is 0 Å². The van der Waals surface area contributed by atoms with Crippen LogP contribution in [0.15, 0.2) is 0 Å². The van der Waals surface area contributed by atoms with Gasteiger partial charge in [-0.25, -0.2) is 0 Å². The lowest BCUT2D eigenvalue weighted by Crippen LogP contribution is -2.45. The fourth-order valence-electron chi connectivity index (χ4n) is 0.692. The molecule has 0 radical (unpaired) electrons. The Morgan fingerprint density at radius 1 is 0.929 bits per heavy atom. The lowest BCUT2D eigenvalue weighted by molar-refractivity contribution is -0.131. The Labute approximate surface area is 82.6 Å². The van der Waals surface area contributed by atoms with E-state index in [9.17, 15) is 14.4 Å². The smallest absolute Gasteiger partial charge is 0.222 e. The summed E-state index contributed by atoms with van der Waals surface area (Å²) in [4.78, 5) is 33.4. The maximum absolute atomic E-state index is 11.0. The van der Waals surface area contributed by atoms with Gasteiger partial charge in [0.05, 0.1) is 13.3 Å². The number of hydrogen-bond donors (Lipinski definition) is 2. The molecule has 0 aliphatic carbocycles. The van der Waals surface area contributed by atoms with Crippen LogP contribution in [0.25, 0.3) is 0 Å². The van der Waals surface area contributed by atoms with Crippen LogP contribution in [-0.4, -0.2) is 36.0 Å². The van der Waals surface area contributed by atoms with Crippen LogP contribution >= 0.6 is 0 Å². The van der Waals surface area contributed by atoms with Gasteiger partial charge in [0, 0.05) is 20.8 Å². The van der Waals surface area contributed by atoms with Gasteiger partial charge in [-0.2, -0.15) is 0 Å². The zero-order valence-corrected chi connectivity index (χ0v) is 8.59. The van der Waals surface area contributed by atoms with Crippen molar-refractivity contribution in [3.05, 3.63) is 0 Å². The van der Waals surface area contributed by atoms with Gasteiger partial charge in [0.1, 0.15) is 0 Å². The summed E-state index contributed by atoms with van der Waals surface area (Å²) in [5.74, 6) is -0.661. The number of amides is 3. The zero-order valence-electron chi connectivity index (χ0n) is 8.59. The van der Waals surface area contributed by atoms with E-state index in [0.717, 1.165) is 0 Å². The molecule has 14 heavy (non-hydrogen) atoms. The molecule has 6 nitrogen and oxygen atoms in total. The monoisotopic (exact) mass is 201 g/mol. The molecule has 0 spiro atoms. The maximum Gasteiger partial charge on any atom is 0.222 e. The Morgan fingerprint density at radius 3 is 1.50 bits per heavy atom. The van der Waals surface area contributed by atoms with Crippen LogP contribution < -0.4 is 10.6 Å². The highest BCUT2D eigenvalue weighted by molar-refractivity contribution is 5.77. The lowest BCUT2D eigenvalue weighted by Gasteiger charge is -2.20. The van der Waals surface area contributed by atoms with Gasteiger partial charge in [-0.05, 0) is 0 Å². The minimum atomic E-state index is -0.223. The number of rotatable bonds is 4. The number of nitrogens with zero attached hydrogens (tertiary/aromatic N) is 1. The van der Waals surface area contributed by atoms with Crippen molar-refractivity contribution < 1.29 is 14.4 Å². The second-order valence-corrected chi connectivity index (χ2v) is 2.84. The van der Waals surface area contributed by atoms with E-state index < -0.39 is 0 Å². The van der Waals surface area contributed by atoms with Crippen molar-refractivity contribution in [2.45, 2.75) is 20.8 Å². The predicted molar refractivity (Wildman–Crippen MR) is 49.9 cm³/mol. The first-order chi connectivity index (χ1) is 6.43. The van der Waals surface area contributed by atoms with E-state index in [2.05, 4.69) is 10.6 Å². The molecule has 0 aromatic heterocycles. The molecule has 0 heterocycles. The summed E-state index contributed by atoms with van der Waals surface area (Å²) < 4.78 is 0. The van der Waals surface area contributed by atoms with Gasteiger partial charge < -0.3 is 15.5 Å². The van der Waals surface area contributed by atoms with Gasteiger partial charge in [-0.15, -0.1) is 0 Å². The number of hydrogen-bond acceptors (Lipinski definition) is 3. The molecule has 0 aliphatic heterocycles. The highest BCUT2D eigenvalue weighted by Gasteiger charge is 2.08. The summed E-state index contributed by atoms with van der Waals surface area (Å²) in [7, 11) is 0. The average molecular weight is 201 g/mol. The van der Waals surface area contributed by atoms with Crippen molar-refractivity contribution >= 4 is 17.7 Å². The molecule has 0 fully saturated rings. The summed E-state index contributed by atoms with van der Waals surface area (Å²) in [5.41, 5.74) is 0. The number of carbonyl (C=O) groups is 3. The Balaban J connectivity index is 3.96. The van der Waals surface area contributed by atoms with E-state index >= 15 is 0 Å². The minimum absolute atomic E-state index is 0.102. The van der Waals surface area contributed by atoms with Crippen molar-refractivity contribution in [1.82, 2.24) is 15.5 Å². The van der Waals surface area contributed by atoms with Crippen LogP contribution in [0.3, 0.4) is 0 Å². The zero-order chi connectivity index (χ0) is 11.1. The Morgan fingerprint density at radius 2 is 1.29 bits per heavy atom. The van der Waals surface area contributed by atoms with E-state index in [-0.39, 0.29) is 31.1 Å². The van der Waals surface area contributed by atoms with Crippen LogP contribution in [0.4, 0.5) is 0 Å². The quantitative estimate of drug-likeness (QED) is 0.574. The lowest BCUT2D eigenvalue weighted by atomic mass is 10.5. The van der Waals surface area contributed by atoms with Gasteiger partial charge in [0.25, 0.3) is 0 Å². The van der Waals surface area contributed by atoms with Crippen molar-refractivity contribution in [3.8, 4) is 0 Å². The van der Waals surface area contributed by atoms with Gasteiger partial charge >= 0.3 is 0 Å². The Bertz CT molecular complexity index is 222. The largest absolute Gasteiger partial charge is 0.339 e. The van der Waals surface area contributed by atoms with E-state index in [4.69, 9.17) is 0 Å². The third-order valence-electron chi connectivity index (χ3n) is 1.48. The SMILES string of the molecule is CC(=O)NCN(CNC(C)=O)C(C)=O. The van der Waals surface area contributed by atoms with E-state index in [1.165, 1.54) is 25.7 Å². The van der Waals surface area contributed by atoms with Crippen LogP contribution in [0.2, 0.25) is 0 Å². The minimum Gasteiger partial charge on any atom is -0.339 e. The fraction of sp³-hybridized carbons (Fsp3) is 0.625. The molecule has 0 unspecified atom stereocenters. The highest BCUT2D eigenvalue weighted by Crippen LogP contribution is 1.84. The van der Waals surface area contributed by atoms with Gasteiger partial charge in [-0.1, -0.05) is 0 Å². The number of nitrogens with one attached hydrogen (secondary N) is 2. The molecule has 0 rings (SSSR count). The molecule has 6 heteroatoms. The molecule has 80 valence electrons. The van der Waals surface area contributed by atoms with Crippen molar-refractivity contribution in [1.29, 1.82) is 0 Å². The number of carbonyl (C=O) groups excluding carboxylic acids is 3. The van der Waals surface area contributed by atoms with Crippen molar-refractivity contribution in [2.75, 3.05) is 13.3 Å². The molecule has 0 aromatic rings. The maximum atomic E-state index is 11.0. The summed E-state index contributed by atoms with van der Waals surface area (Å²) in [6.45, 7) is 4.28. The molecule has 0 aromatic carbocycles. The van der Waals surface area contributed by atoms with Gasteiger partial charge in [-0.3, -0.25) is 14.4 Å². The van der Waals surface area contributed by atoms with Gasteiger partial charge in [0.2, 0.25) is 17.7 Å². The van der Waals surface area contributed by atoms with Crippen molar-refractivity contribution in [2.24, 2.45) is 0 Å². The first-order valence-electron chi connectivity index (χ1n) is 4.18. The Kier molecular flexibility index (Phi) is 5.28. The third kappa shape index (κ3) is 5.99. The van der Waals surface area contributed by atoms with E-state index in [0.29, 0.717) is 0 Å². The molecule has 0 saturated heterocycles. The summed E-state index contributed by atoms with van der Waals surface area (Å²) in [6.07, 6.45) is 0. The van der Waals surface area contributed by atoms with E-state index in [1.807, 2.05) is 0 Å². The molecular weight excluding hydrogens is 186 g/mol. The third-order valence-corrected chi connectivity index (χ3v) is 1.48. The average Bonchev–Trinajstić information content (AvgIpc) is 2.02. The topological polar surface area (TPSA) is 78.5 Å². The second kappa shape index (κ2) is 5.95. The van der Waals surface area contributed by atoms with E-state index in [1.54, 1.807) is 0 Å². The first kappa shape index (κ1) is 12.4. The highest BCUT2D eigenvalue weighted by atomic mass is 16.2. The molecule has 0 aliphatic rings. The summed E-state index contributed by atoms with van der Waals surface area (Å²) >= 11 is 0. The fourth-order valence-corrected chi connectivity index (χ4v) is 0.692. The van der Waals surface area contributed by atoms with Crippen LogP contribution in [0.5, 0.6) is 0 Å². The van der Waals surface area contributed by atoms with Crippen LogP contribution in [0.1, 0.15) is 20.8 Å². The molecule has 0 atom stereocenters. The molecule has 3 amide bonds. The standard InChI is InChI=1S/C8H15N3O3/c1-6(12)9-4-11(8(3)14)5-10-7(2)13/h4-5H2,1-3H3,(H,9,12)(H,10,13).